The first-order valence-electron chi connectivity index (χ1n) is 5.47. The number of nitrogens with one attached hydrogen (secondary N) is 1. The highest BCUT2D eigenvalue weighted by Crippen LogP contribution is 2.19. The summed E-state index contributed by atoms with van der Waals surface area (Å²) in [6.07, 6.45) is 1.06. The van der Waals surface area contributed by atoms with Gasteiger partial charge in [-0.1, -0.05) is 13.8 Å². The number of carbonyl (C=O) groups excluding carboxylic acids is 1. The number of amides is 1. The lowest BCUT2D eigenvalue weighted by atomic mass is 10.0. The second kappa shape index (κ2) is 4.30. The average molecular weight is 198 g/mol. The summed E-state index contributed by atoms with van der Waals surface area (Å²) < 4.78 is 0. The van der Waals surface area contributed by atoms with Crippen molar-refractivity contribution >= 4 is 5.91 Å². The summed E-state index contributed by atoms with van der Waals surface area (Å²) in [6.45, 7) is 11.0. The maximum atomic E-state index is 12.0. The van der Waals surface area contributed by atoms with E-state index in [1.54, 1.807) is 0 Å². The monoisotopic (exact) mass is 198 g/mol. The van der Waals surface area contributed by atoms with Crippen LogP contribution in [0.15, 0.2) is 0 Å². The number of hydrogen-bond donors (Lipinski definition) is 1. The Bertz CT molecular complexity index is 211. The first kappa shape index (κ1) is 11.5. The van der Waals surface area contributed by atoms with Gasteiger partial charge in [0, 0.05) is 24.5 Å². The minimum Gasteiger partial charge on any atom is -0.336 e. The quantitative estimate of drug-likeness (QED) is 0.687. The molecule has 0 radical (unpaired) electrons. The molecule has 1 aliphatic heterocycles. The van der Waals surface area contributed by atoms with Gasteiger partial charge in [0.05, 0.1) is 0 Å². The Kier molecular flexibility index (Phi) is 3.53. The third-order valence-corrected chi connectivity index (χ3v) is 2.78. The van der Waals surface area contributed by atoms with Crippen molar-refractivity contribution in [3.05, 3.63) is 0 Å². The van der Waals surface area contributed by atoms with Gasteiger partial charge in [-0.25, -0.2) is 0 Å². The number of carbonyl (C=O) groups is 1. The molecule has 3 heteroatoms. The summed E-state index contributed by atoms with van der Waals surface area (Å²) in [5.74, 6) is 0.381. The molecule has 1 rings (SSSR count). The lowest BCUT2D eigenvalue weighted by Crippen LogP contribution is -2.52. The van der Waals surface area contributed by atoms with E-state index >= 15 is 0 Å². The number of nitrogens with zero attached hydrogens (tertiary/aromatic N) is 1. The van der Waals surface area contributed by atoms with Crippen LogP contribution in [-0.4, -0.2) is 36.0 Å². The molecule has 0 unspecified atom stereocenters. The SMILES string of the molecule is CC(C)C(=O)N1CCCNCC1(C)C. The molecule has 1 fully saturated rings. The van der Waals surface area contributed by atoms with E-state index in [-0.39, 0.29) is 17.4 Å². The number of hydrogen-bond acceptors (Lipinski definition) is 2. The van der Waals surface area contributed by atoms with Crippen molar-refractivity contribution in [3.63, 3.8) is 0 Å². The molecule has 0 aromatic carbocycles. The molecular formula is C11H22N2O. The van der Waals surface area contributed by atoms with Crippen molar-refractivity contribution in [2.45, 2.75) is 39.7 Å². The number of rotatable bonds is 1. The summed E-state index contributed by atoms with van der Waals surface area (Å²) in [7, 11) is 0. The molecule has 0 bridgehead atoms. The molecule has 82 valence electrons. The topological polar surface area (TPSA) is 32.3 Å². The second-order valence-corrected chi connectivity index (χ2v) is 4.99. The van der Waals surface area contributed by atoms with Crippen molar-refractivity contribution in [3.8, 4) is 0 Å². The lowest BCUT2D eigenvalue weighted by molar-refractivity contribution is -0.139. The Hall–Kier alpha value is -0.570. The molecule has 1 aliphatic rings. The molecule has 14 heavy (non-hydrogen) atoms. The maximum Gasteiger partial charge on any atom is 0.225 e. The largest absolute Gasteiger partial charge is 0.336 e. The zero-order valence-electron chi connectivity index (χ0n) is 9.76. The molecule has 0 spiro atoms. The maximum absolute atomic E-state index is 12.0. The van der Waals surface area contributed by atoms with Crippen LogP contribution in [0.25, 0.3) is 0 Å². The molecule has 0 aliphatic carbocycles. The third kappa shape index (κ3) is 2.47. The summed E-state index contributed by atoms with van der Waals surface area (Å²) >= 11 is 0. The first-order valence-corrected chi connectivity index (χ1v) is 5.47. The molecule has 3 nitrogen and oxygen atoms in total. The molecule has 1 amide bonds. The second-order valence-electron chi connectivity index (χ2n) is 4.99. The van der Waals surface area contributed by atoms with Crippen molar-refractivity contribution in [1.82, 2.24) is 10.2 Å². The van der Waals surface area contributed by atoms with Gasteiger partial charge in [-0.3, -0.25) is 4.79 Å². The van der Waals surface area contributed by atoms with E-state index in [2.05, 4.69) is 19.2 Å². The van der Waals surface area contributed by atoms with Gasteiger partial charge in [0.1, 0.15) is 0 Å². The fraction of sp³-hybridized carbons (Fsp3) is 0.909. The van der Waals surface area contributed by atoms with Gasteiger partial charge >= 0.3 is 0 Å². The van der Waals surface area contributed by atoms with Crippen molar-refractivity contribution in [2.75, 3.05) is 19.6 Å². The Morgan fingerprint density at radius 1 is 1.43 bits per heavy atom. The van der Waals surface area contributed by atoms with Crippen LogP contribution in [0.2, 0.25) is 0 Å². The van der Waals surface area contributed by atoms with Crippen LogP contribution in [0.3, 0.4) is 0 Å². The average Bonchev–Trinajstić information content (AvgIpc) is 2.24. The minimum atomic E-state index is -0.0438. The summed E-state index contributed by atoms with van der Waals surface area (Å²) in [5, 5.41) is 3.37. The molecule has 1 saturated heterocycles. The molecule has 1 heterocycles. The molecule has 1 N–H and O–H groups in total. The van der Waals surface area contributed by atoms with Gasteiger partial charge in [-0.2, -0.15) is 0 Å². The van der Waals surface area contributed by atoms with Crippen molar-refractivity contribution < 1.29 is 4.79 Å². The van der Waals surface area contributed by atoms with Crippen LogP contribution in [-0.2, 0) is 4.79 Å². The molecule has 0 saturated carbocycles. The molecule has 0 aromatic heterocycles. The van der Waals surface area contributed by atoms with E-state index in [4.69, 9.17) is 0 Å². The fourth-order valence-electron chi connectivity index (χ4n) is 1.87. The van der Waals surface area contributed by atoms with Crippen LogP contribution in [0, 0.1) is 5.92 Å². The van der Waals surface area contributed by atoms with E-state index in [1.807, 2.05) is 18.7 Å². The van der Waals surface area contributed by atoms with Crippen LogP contribution < -0.4 is 5.32 Å². The summed E-state index contributed by atoms with van der Waals surface area (Å²) in [6, 6.07) is 0. The highest BCUT2D eigenvalue weighted by Gasteiger charge is 2.32. The van der Waals surface area contributed by atoms with Crippen molar-refractivity contribution in [2.24, 2.45) is 5.92 Å². The Morgan fingerprint density at radius 2 is 2.07 bits per heavy atom. The van der Waals surface area contributed by atoms with Gasteiger partial charge in [-0.05, 0) is 26.8 Å². The lowest BCUT2D eigenvalue weighted by Gasteiger charge is -2.38. The van der Waals surface area contributed by atoms with E-state index < -0.39 is 0 Å². The molecular weight excluding hydrogens is 176 g/mol. The van der Waals surface area contributed by atoms with Gasteiger partial charge in [0.25, 0.3) is 0 Å². The van der Waals surface area contributed by atoms with E-state index in [1.165, 1.54) is 0 Å². The Labute approximate surface area is 86.9 Å². The summed E-state index contributed by atoms with van der Waals surface area (Å²) in [4.78, 5) is 14.0. The summed E-state index contributed by atoms with van der Waals surface area (Å²) in [5.41, 5.74) is -0.0438. The highest BCUT2D eigenvalue weighted by atomic mass is 16.2. The van der Waals surface area contributed by atoms with Crippen LogP contribution in [0.5, 0.6) is 0 Å². The van der Waals surface area contributed by atoms with Crippen LogP contribution in [0.1, 0.15) is 34.1 Å². The third-order valence-electron chi connectivity index (χ3n) is 2.78. The Morgan fingerprint density at radius 3 is 2.64 bits per heavy atom. The Balaban J connectivity index is 2.76. The highest BCUT2D eigenvalue weighted by molar-refractivity contribution is 5.79. The zero-order valence-corrected chi connectivity index (χ0v) is 9.76. The predicted octanol–water partition coefficient (Wildman–Crippen LogP) is 1.24. The van der Waals surface area contributed by atoms with Crippen molar-refractivity contribution in [1.29, 1.82) is 0 Å². The minimum absolute atomic E-state index is 0.0438. The van der Waals surface area contributed by atoms with Gasteiger partial charge < -0.3 is 10.2 Å². The normalized spacial score (nSPS) is 22.2. The van der Waals surface area contributed by atoms with Gasteiger partial charge in [-0.15, -0.1) is 0 Å². The van der Waals surface area contributed by atoms with E-state index in [9.17, 15) is 4.79 Å². The fourth-order valence-corrected chi connectivity index (χ4v) is 1.87. The van der Waals surface area contributed by atoms with Crippen LogP contribution in [0.4, 0.5) is 0 Å². The standard InChI is InChI=1S/C11H22N2O/c1-9(2)10(14)13-7-5-6-12-8-11(13,3)4/h9,12H,5-8H2,1-4H3. The van der Waals surface area contributed by atoms with Gasteiger partial charge in [0.15, 0.2) is 0 Å². The predicted molar refractivity (Wildman–Crippen MR) is 58.1 cm³/mol. The first-order chi connectivity index (χ1) is 6.45. The smallest absolute Gasteiger partial charge is 0.225 e. The molecule has 0 aromatic rings. The van der Waals surface area contributed by atoms with Gasteiger partial charge in [0.2, 0.25) is 5.91 Å². The van der Waals surface area contributed by atoms with E-state index in [0.717, 1.165) is 26.1 Å². The van der Waals surface area contributed by atoms with Crippen LogP contribution >= 0.6 is 0 Å². The molecule has 0 atom stereocenters. The van der Waals surface area contributed by atoms with E-state index in [0.29, 0.717) is 0 Å². The zero-order chi connectivity index (χ0) is 10.8.